The van der Waals surface area contributed by atoms with E-state index in [-0.39, 0.29) is 29.3 Å². The molecule has 2 saturated heterocycles. The third-order valence-electron chi connectivity index (χ3n) is 9.04. The maximum absolute atomic E-state index is 14.2. The van der Waals surface area contributed by atoms with E-state index in [2.05, 4.69) is 4.90 Å². The molecule has 3 aromatic rings. The first-order valence-corrected chi connectivity index (χ1v) is 17.8. The lowest BCUT2D eigenvalue weighted by molar-refractivity contribution is 0.0989. The van der Waals surface area contributed by atoms with Crippen LogP contribution in [0.1, 0.15) is 86.5 Å². The third-order valence-corrected chi connectivity index (χ3v) is 12.2. The van der Waals surface area contributed by atoms with Gasteiger partial charge in [-0.3, -0.25) is 9.59 Å². The van der Waals surface area contributed by atoms with E-state index in [1.807, 2.05) is 30.3 Å². The number of ketones is 2. The van der Waals surface area contributed by atoms with Gasteiger partial charge in [0.2, 0.25) is 10.0 Å². The summed E-state index contributed by atoms with van der Waals surface area (Å²) in [5.74, 6) is 0.650. The van der Waals surface area contributed by atoms with Crippen LogP contribution < -0.4 is 9.64 Å². The van der Waals surface area contributed by atoms with Crippen molar-refractivity contribution >= 4 is 38.6 Å². The zero-order chi connectivity index (χ0) is 30.0. The van der Waals surface area contributed by atoms with E-state index in [1.54, 1.807) is 34.9 Å². The molecule has 0 radical (unpaired) electrons. The van der Waals surface area contributed by atoms with Crippen LogP contribution in [0, 0.1) is 0 Å². The number of nitrogens with zero attached hydrogens (tertiary/aromatic N) is 2. The topological polar surface area (TPSA) is 84.0 Å². The first-order valence-electron chi connectivity index (χ1n) is 15.6. The van der Waals surface area contributed by atoms with Crippen LogP contribution in [0.5, 0.6) is 5.75 Å². The Morgan fingerprint density at radius 1 is 0.814 bits per heavy atom. The van der Waals surface area contributed by atoms with Crippen LogP contribution >= 0.6 is 11.3 Å². The number of aryl methyl sites for hydroxylation is 1. The Bertz CT molecular complexity index is 1600. The zero-order valence-corrected chi connectivity index (χ0v) is 26.5. The fraction of sp³-hybridized carbons (Fsp3) is 0.471. The number of fused-ring (bicyclic) bond motifs is 1. The van der Waals surface area contributed by atoms with Crippen LogP contribution in [0.25, 0.3) is 0 Å². The number of thiophene rings is 1. The van der Waals surface area contributed by atoms with E-state index < -0.39 is 10.0 Å². The van der Waals surface area contributed by atoms with Crippen LogP contribution in [-0.4, -0.2) is 57.6 Å². The lowest BCUT2D eigenvalue weighted by atomic mass is 9.90. The van der Waals surface area contributed by atoms with Crippen LogP contribution in [0.4, 0.5) is 5.69 Å². The minimum Gasteiger partial charge on any atom is -0.497 e. The monoisotopic (exact) mass is 620 g/mol. The van der Waals surface area contributed by atoms with Crippen molar-refractivity contribution in [2.45, 2.75) is 75.5 Å². The lowest BCUT2D eigenvalue weighted by Gasteiger charge is -2.27. The lowest BCUT2D eigenvalue weighted by Crippen LogP contribution is -2.35. The molecule has 9 heteroatoms. The van der Waals surface area contributed by atoms with E-state index in [0.29, 0.717) is 24.2 Å². The summed E-state index contributed by atoms with van der Waals surface area (Å²) >= 11 is 1.60. The summed E-state index contributed by atoms with van der Waals surface area (Å²) in [5, 5.41) is 0. The van der Waals surface area contributed by atoms with Gasteiger partial charge in [-0.05, 0) is 92.8 Å². The summed E-state index contributed by atoms with van der Waals surface area (Å²) < 4.78 is 34.0. The molecule has 228 valence electrons. The quantitative estimate of drug-likeness (QED) is 0.249. The average Bonchev–Trinajstić information content (AvgIpc) is 3.70. The molecule has 6 rings (SSSR count). The highest BCUT2D eigenvalue weighted by molar-refractivity contribution is 7.89. The van der Waals surface area contributed by atoms with Crippen molar-refractivity contribution < 1.29 is 22.7 Å². The number of methoxy groups -OCH3 is 1. The second kappa shape index (κ2) is 12.9. The number of carbonyl (C=O) groups is 2. The number of Topliss-reactive ketones (excluding diaryl/α,β-unsaturated/α-hetero) is 2. The molecule has 2 fully saturated rings. The predicted octanol–water partition coefficient (Wildman–Crippen LogP) is 6.26. The molecule has 1 aromatic heterocycles. The van der Waals surface area contributed by atoms with E-state index in [1.165, 1.54) is 4.88 Å². The number of carbonyl (C=O) groups excluding carboxylic acids is 2. The van der Waals surface area contributed by atoms with Gasteiger partial charge in [-0.25, -0.2) is 8.42 Å². The van der Waals surface area contributed by atoms with Gasteiger partial charge in [0.25, 0.3) is 0 Å². The standard InChI is InChI=1S/C34H40N2O5S2/c1-41-25-13-11-24(12-14-25)21-31(38)34-27-9-3-4-10-32(27)42-33(34)23-30(37)28-22-26(15-16-29(28)35-17-7-8-18-35)43(39,40)36-19-5-2-6-20-36/h11-16,22H,2-10,17-21,23H2,1H3. The Balaban J connectivity index is 1.34. The number of sulfonamides is 1. The molecule has 0 spiro atoms. The van der Waals surface area contributed by atoms with E-state index in [0.717, 1.165) is 98.3 Å². The summed E-state index contributed by atoms with van der Waals surface area (Å²) in [7, 11) is -2.07. The van der Waals surface area contributed by atoms with Crippen molar-refractivity contribution in [1.29, 1.82) is 0 Å². The second-order valence-electron chi connectivity index (χ2n) is 11.9. The molecule has 1 aliphatic carbocycles. The van der Waals surface area contributed by atoms with Gasteiger partial charge in [0.15, 0.2) is 11.6 Å². The number of hydrogen-bond acceptors (Lipinski definition) is 7. The van der Waals surface area contributed by atoms with Crippen molar-refractivity contribution in [1.82, 2.24) is 4.31 Å². The van der Waals surface area contributed by atoms with Crippen molar-refractivity contribution in [3.63, 3.8) is 0 Å². The molecule has 7 nitrogen and oxygen atoms in total. The largest absolute Gasteiger partial charge is 0.497 e. The molecule has 2 aromatic carbocycles. The smallest absolute Gasteiger partial charge is 0.243 e. The number of benzene rings is 2. The fourth-order valence-electron chi connectivity index (χ4n) is 6.72. The normalized spacial score (nSPS) is 17.6. The Kier molecular flexibility index (Phi) is 9.03. The van der Waals surface area contributed by atoms with Gasteiger partial charge in [-0.1, -0.05) is 18.6 Å². The predicted molar refractivity (Wildman–Crippen MR) is 171 cm³/mol. The Morgan fingerprint density at radius 3 is 2.23 bits per heavy atom. The van der Waals surface area contributed by atoms with Crippen LogP contribution in [0.2, 0.25) is 0 Å². The van der Waals surface area contributed by atoms with Crippen molar-refractivity contribution in [2.75, 3.05) is 38.2 Å². The van der Waals surface area contributed by atoms with Crippen molar-refractivity contribution in [3.8, 4) is 5.75 Å². The molecule has 43 heavy (non-hydrogen) atoms. The van der Waals surface area contributed by atoms with Gasteiger partial charge >= 0.3 is 0 Å². The maximum atomic E-state index is 14.2. The zero-order valence-electron chi connectivity index (χ0n) is 24.9. The van der Waals surface area contributed by atoms with Crippen LogP contribution in [0.3, 0.4) is 0 Å². The molecule has 0 atom stereocenters. The molecule has 0 bridgehead atoms. The average molecular weight is 621 g/mol. The van der Waals surface area contributed by atoms with Crippen LogP contribution in [-0.2, 0) is 35.7 Å². The van der Waals surface area contributed by atoms with Crippen LogP contribution in [0.15, 0.2) is 47.4 Å². The SMILES string of the molecule is COc1ccc(CC(=O)c2c(CC(=O)c3cc(S(=O)(=O)N4CCCCC4)ccc3N3CCCC3)sc3c2CCCC3)cc1. The summed E-state index contributed by atoms with van der Waals surface area (Å²) in [6.45, 7) is 2.72. The summed E-state index contributed by atoms with van der Waals surface area (Å²) in [5.41, 5.74) is 3.97. The fourth-order valence-corrected chi connectivity index (χ4v) is 9.67. The first kappa shape index (κ1) is 30.0. The minimum absolute atomic E-state index is 0.0357. The Morgan fingerprint density at radius 2 is 1.51 bits per heavy atom. The van der Waals surface area contributed by atoms with E-state index in [9.17, 15) is 18.0 Å². The van der Waals surface area contributed by atoms with Gasteiger partial charge < -0.3 is 9.64 Å². The van der Waals surface area contributed by atoms with Gasteiger partial charge in [0.05, 0.1) is 12.0 Å². The highest BCUT2D eigenvalue weighted by Crippen LogP contribution is 2.37. The summed E-state index contributed by atoms with van der Waals surface area (Å²) in [6, 6.07) is 12.6. The molecule has 3 aliphatic rings. The first-order chi connectivity index (χ1) is 20.8. The molecule has 2 aliphatic heterocycles. The van der Waals surface area contributed by atoms with Crippen molar-refractivity contribution in [3.05, 3.63) is 74.5 Å². The molecule has 0 unspecified atom stereocenters. The number of rotatable bonds is 10. The highest BCUT2D eigenvalue weighted by atomic mass is 32.2. The molecule has 0 amide bonds. The van der Waals surface area contributed by atoms with Gasteiger partial charge in [0, 0.05) is 65.6 Å². The van der Waals surface area contributed by atoms with E-state index in [4.69, 9.17) is 4.74 Å². The molecule has 3 heterocycles. The van der Waals surface area contributed by atoms with Crippen molar-refractivity contribution in [2.24, 2.45) is 0 Å². The number of ether oxygens (including phenoxy) is 1. The second-order valence-corrected chi connectivity index (χ2v) is 15.0. The third kappa shape index (κ3) is 6.30. The minimum atomic E-state index is -3.69. The van der Waals surface area contributed by atoms with E-state index >= 15 is 0 Å². The Labute approximate surface area is 258 Å². The maximum Gasteiger partial charge on any atom is 0.243 e. The number of anilines is 1. The number of hydrogen-bond donors (Lipinski definition) is 0. The summed E-state index contributed by atoms with van der Waals surface area (Å²) in [4.78, 5) is 32.5. The van der Waals surface area contributed by atoms with Gasteiger partial charge in [0.1, 0.15) is 5.75 Å². The highest BCUT2D eigenvalue weighted by Gasteiger charge is 2.31. The summed E-state index contributed by atoms with van der Waals surface area (Å²) in [6.07, 6.45) is 9.09. The number of piperidine rings is 1. The van der Waals surface area contributed by atoms with Gasteiger partial charge in [-0.2, -0.15) is 4.31 Å². The Hall–Kier alpha value is -3.01. The molecule has 0 saturated carbocycles. The van der Waals surface area contributed by atoms with Gasteiger partial charge in [-0.15, -0.1) is 11.3 Å². The molecular formula is C34H40N2O5S2. The molecule has 0 N–H and O–H groups in total. The molecular weight excluding hydrogens is 581 g/mol.